The average Bonchev–Trinajstić information content (AvgIpc) is 2.58. The minimum atomic E-state index is -2.01. The maximum absolute atomic E-state index is 2.65. The molecule has 0 bridgehead atoms. The Kier molecular flexibility index (Phi) is 6.48. The Morgan fingerprint density at radius 1 is 0.615 bits per heavy atom. The summed E-state index contributed by atoms with van der Waals surface area (Å²) in [5, 5.41) is 4.57. The lowest BCUT2D eigenvalue weighted by Gasteiger charge is -2.32. The lowest BCUT2D eigenvalue weighted by Crippen LogP contribution is -2.57. The van der Waals surface area contributed by atoms with Crippen LogP contribution in [0.15, 0.2) is 83.3 Å². The van der Waals surface area contributed by atoms with Crippen molar-refractivity contribution in [2.24, 2.45) is 0 Å². The van der Waals surface area contributed by atoms with Gasteiger partial charge in [-0.3, -0.25) is 0 Å². The maximum atomic E-state index is 2.65. The Bertz CT molecular complexity index is 721. The first kappa shape index (κ1) is 20.9. The molecule has 0 N–H and O–H groups in total. The van der Waals surface area contributed by atoms with Crippen molar-refractivity contribution >= 4 is 34.6 Å². The van der Waals surface area contributed by atoms with E-state index in [0.717, 1.165) is 0 Å². The molecule has 0 aromatic heterocycles. The summed E-state index contributed by atoms with van der Waals surface area (Å²) in [5.74, 6) is 0. The molecule has 26 heavy (non-hydrogen) atoms. The number of hydrogen-bond donors (Lipinski definition) is 0. The van der Waals surface area contributed by atoms with Gasteiger partial charge in [0.25, 0.3) is 0 Å². The fourth-order valence-electron chi connectivity index (χ4n) is 3.21. The van der Waals surface area contributed by atoms with Gasteiger partial charge in [0, 0.05) is 0 Å². The van der Waals surface area contributed by atoms with Gasteiger partial charge in [-0.05, 0) is 10.4 Å². The van der Waals surface area contributed by atoms with Crippen molar-refractivity contribution in [1.29, 1.82) is 0 Å². The minimum Gasteiger partial charge on any atom is -0.0951 e. The topological polar surface area (TPSA) is 0 Å². The Hall–Kier alpha value is -1.43. The number of benzene rings is 2. The molecule has 0 heterocycles. The van der Waals surface area contributed by atoms with Gasteiger partial charge in [0.2, 0.25) is 0 Å². The molecule has 2 rings (SSSR count). The van der Waals surface area contributed by atoms with Crippen LogP contribution in [0.25, 0.3) is 0 Å². The molecule has 0 spiro atoms. The Morgan fingerprint density at radius 2 is 1.04 bits per heavy atom. The molecule has 0 aliphatic carbocycles. The monoisotopic (exact) mass is 394 g/mol. The molecule has 3 heteroatoms. The van der Waals surface area contributed by atoms with Crippen molar-refractivity contribution in [3.63, 3.8) is 0 Å². The molecule has 0 radical (unpaired) electrons. The first-order chi connectivity index (χ1) is 12.0. The summed E-state index contributed by atoms with van der Waals surface area (Å²) < 4.78 is 0. The summed E-state index contributed by atoms with van der Waals surface area (Å²) in [6.07, 6.45) is 2.50. The van der Waals surface area contributed by atoms with E-state index in [-0.39, 0.29) is 0 Å². The lowest BCUT2D eigenvalue weighted by atomic mass is 10.4. The van der Waals surface area contributed by atoms with Gasteiger partial charge in [0.15, 0.2) is 0 Å². The molecule has 0 aliphatic rings. The van der Waals surface area contributed by atoms with Crippen molar-refractivity contribution in [2.75, 3.05) is 0 Å². The van der Waals surface area contributed by atoms with Crippen LogP contribution in [0.5, 0.6) is 0 Å². The second-order valence-corrected chi connectivity index (χ2v) is 23.6. The average molecular weight is 395 g/mol. The molecule has 0 saturated carbocycles. The zero-order valence-corrected chi connectivity index (χ0v) is 20.5. The van der Waals surface area contributed by atoms with Gasteiger partial charge in [0.05, 0.1) is 16.1 Å². The molecule has 0 saturated heterocycles. The molecule has 0 aliphatic heterocycles. The summed E-state index contributed by atoms with van der Waals surface area (Å²) in [5.41, 5.74) is 5.17. The van der Waals surface area contributed by atoms with Crippen molar-refractivity contribution in [1.82, 2.24) is 0 Å². The fraction of sp³-hybridized carbons (Fsp3) is 0.304. The first-order valence-electron chi connectivity index (χ1n) is 9.56. The standard InChI is InChI=1S/C23H34Si3/c1-24(2,3)19-18-23(20-25(4,5)6)26(7,21-14-10-8-11-15-21)22-16-12-9-13-17-22/h8-20H,1-7H3/b19-18+,23-20-. The van der Waals surface area contributed by atoms with E-state index in [1.54, 1.807) is 5.20 Å². The molecular weight excluding hydrogens is 361 g/mol. The van der Waals surface area contributed by atoms with Crippen molar-refractivity contribution in [2.45, 2.75) is 45.8 Å². The largest absolute Gasteiger partial charge is 0.144 e. The Balaban J connectivity index is 2.75. The van der Waals surface area contributed by atoms with Gasteiger partial charge in [-0.2, -0.15) is 0 Å². The molecule has 0 nitrogen and oxygen atoms in total. The van der Waals surface area contributed by atoms with E-state index in [9.17, 15) is 0 Å². The SMILES string of the molecule is C[Si](C)(C)/C=C(/C=C/[Si](C)(C)C)[Si](C)(c1ccccc1)c1ccccc1. The van der Waals surface area contributed by atoms with E-state index >= 15 is 0 Å². The highest BCUT2D eigenvalue weighted by Gasteiger charge is 2.35. The first-order valence-corrected chi connectivity index (χ1v) is 19.2. The van der Waals surface area contributed by atoms with Crippen LogP contribution in [0.3, 0.4) is 0 Å². The van der Waals surface area contributed by atoms with E-state index in [1.165, 1.54) is 10.4 Å². The molecule has 0 amide bonds. The Morgan fingerprint density at radius 3 is 1.38 bits per heavy atom. The molecule has 2 aromatic rings. The predicted molar refractivity (Wildman–Crippen MR) is 128 cm³/mol. The van der Waals surface area contributed by atoms with Crippen molar-refractivity contribution < 1.29 is 0 Å². The highest BCUT2D eigenvalue weighted by atomic mass is 28.3. The normalized spacial score (nSPS) is 14.0. The smallest absolute Gasteiger partial charge is 0.0951 e. The predicted octanol–water partition coefficient (Wildman–Crippen LogP) is 5.66. The van der Waals surface area contributed by atoms with Gasteiger partial charge in [-0.1, -0.05) is 129 Å². The molecule has 2 aromatic carbocycles. The highest BCUT2D eigenvalue weighted by Crippen LogP contribution is 2.22. The summed E-state index contributed by atoms with van der Waals surface area (Å²) in [6, 6.07) is 22.4. The minimum absolute atomic E-state index is 1.26. The van der Waals surface area contributed by atoms with E-state index in [2.05, 4.69) is 124 Å². The van der Waals surface area contributed by atoms with Crippen LogP contribution in [0.2, 0.25) is 45.8 Å². The van der Waals surface area contributed by atoms with Crippen LogP contribution in [0.4, 0.5) is 0 Å². The van der Waals surface area contributed by atoms with Crippen LogP contribution in [0, 0.1) is 0 Å². The van der Waals surface area contributed by atoms with Gasteiger partial charge in [-0.25, -0.2) is 0 Å². The number of rotatable bonds is 6. The van der Waals surface area contributed by atoms with Gasteiger partial charge < -0.3 is 0 Å². The third-order valence-corrected chi connectivity index (χ3v) is 11.7. The van der Waals surface area contributed by atoms with Crippen molar-refractivity contribution in [3.8, 4) is 0 Å². The zero-order valence-electron chi connectivity index (χ0n) is 17.5. The quantitative estimate of drug-likeness (QED) is 0.438. The molecule has 0 fully saturated rings. The van der Waals surface area contributed by atoms with Gasteiger partial charge in [0.1, 0.15) is 8.07 Å². The van der Waals surface area contributed by atoms with Crippen LogP contribution in [-0.4, -0.2) is 24.2 Å². The van der Waals surface area contributed by atoms with Gasteiger partial charge in [-0.15, -0.1) is 0 Å². The van der Waals surface area contributed by atoms with E-state index < -0.39 is 24.2 Å². The van der Waals surface area contributed by atoms with E-state index in [1.807, 2.05) is 0 Å². The second-order valence-electron chi connectivity index (χ2n) is 9.52. The summed E-state index contributed by atoms with van der Waals surface area (Å²) in [4.78, 5) is 0. The number of allylic oxidation sites excluding steroid dienone is 2. The van der Waals surface area contributed by atoms with Gasteiger partial charge >= 0.3 is 0 Å². The Labute approximate surface area is 163 Å². The molecular formula is C23H34Si3. The molecule has 138 valence electrons. The fourth-order valence-corrected chi connectivity index (χ4v) is 10.7. The summed E-state index contributed by atoms with van der Waals surface area (Å²) >= 11 is 0. The summed E-state index contributed by atoms with van der Waals surface area (Å²) in [6.45, 7) is 17.1. The van der Waals surface area contributed by atoms with E-state index in [0.29, 0.717) is 0 Å². The second kappa shape index (κ2) is 8.07. The van der Waals surface area contributed by atoms with Crippen molar-refractivity contribution in [3.05, 3.63) is 83.3 Å². The van der Waals surface area contributed by atoms with Crippen LogP contribution in [-0.2, 0) is 0 Å². The lowest BCUT2D eigenvalue weighted by molar-refractivity contribution is 1.63. The van der Waals surface area contributed by atoms with Crippen LogP contribution < -0.4 is 10.4 Å². The van der Waals surface area contributed by atoms with E-state index in [4.69, 9.17) is 0 Å². The third-order valence-electron chi connectivity index (χ3n) is 4.63. The zero-order chi connectivity index (χ0) is 19.4. The van der Waals surface area contributed by atoms with Crippen LogP contribution >= 0.6 is 0 Å². The van der Waals surface area contributed by atoms with Crippen LogP contribution in [0.1, 0.15) is 0 Å². The third kappa shape index (κ3) is 5.53. The molecule has 0 unspecified atom stereocenters. The highest BCUT2D eigenvalue weighted by molar-refractivity contribution is 7.07. The summed E-state index contributed by atoms with van der Waals surface area (Å²) in [7, 11) is -4.62. The maximum Gasteiger partial charge on any atom is 0.144 e. The number of hydrogen-bond acceptors (Lipinski definition) is 0. The molecule has 0 atom stereocenters.